The summed E-state index contributed by atoms with van der Waals surface area (Å²) < 4.78 is 1.96. The van der Waals surface area contributed by atoms with E-state index in [-0.39, 0.29) is 6.23 Å². The molecule has 2 aliphatic heterocycles. The minimum atomic E-state index is -0.348. The molecule has 2 aliphatic rings. The number of nitrogens with one attached hydrogen (secondary N) is 1. The van der Waals surface area contributed by atoms with Crippen molar-refractivity contribution in [3.05, 3.63) is 17.7 Å². The lowest BCUT2D eigenvalue weighted by molar-refractivity contribution is 0.0780. The van der Waals surface area contributed by atoms with E-state index in [9.17, 15) is 5.11 Å². The smallest absolute Gasteiger partial charge is 0.131 e. The second kappa shape index (κ2) is 4.78. The van der Waals surface area contributed by atoms with Gasteiger partial charge in [-0.2, -0.15) is 0 Å². The number of hydrogen-bond donors (Lipinski definition) is 2. The molecule has 17 heavy (non-hydrogen) atoms. The Balaban J connectivity index is 1.71. The Morgan fingerprint density at radius 3 is 3.06 bits per heavy atom. The normalized spacial score (nSPS) is 29.0. The molecule has 0 amide bonds. The second-order valence-corrected chi connectivity index (χ2v) is 5.28. The Hall–Kier alpha value is -0.870. The number of aliphatic hydroxyl groups is 1. The van der Waals surface area contributed by atoms with Gasteiger partial charge in [0.2, 0.25) is 0 Å². The fourth-order valence-electron chi connectivity index (χ4n) is 2.96. The molecule has 2 unspecified atom stereocenters. The van der Waals surface area contributed by atoms with Crippen LogP contribution in [-0.4, -0.2) is 27.2 Å². The highest BCUT2D eigenvalue weighted by Crippen LogP contribution is 2.23. The summed E-state index contributed by atoms with van der Waals surface area (Å²) in [6, 6.07) is 0.581. The Labute approximate surface area is 102 Å². The highest BCUT2D eigenvalue weighted by atomic mass is 16.3. The van der Waals surface area contributed by atoms with Gasteiger partial charge >= 0.3 is 0 Å². The lowest BCUT2D eigenvalue weighted by Crippen LogP contribution is -2.35. The van der Waals surface area contributed by atoms with Crippen LogP contribution in [0, 0.1) is 0 Å². The molecule has 3 heterocycles. The Kier molecular flexibility index (Phi) is 3.16. The van der Waals surface area contributed by atoms with Crippen molar-refractivity contribution in [3.63, 3.8) is 0 Å². The molecule has 0 aliphatic carbocycles. The Morgan fingerprint density at radius 2 is 2.29 bits per heavy atom. The van der Waals surface area contributed by atoms with Gasteiger partial charge in [0, 0.05) is 25.1 Å². The lowest BCUT2D eigenvalue weighted by atomic mass is 10.0. The van der Waals surface area contributed by atoms with Gasteiger partial charge in [-0.25, -0.2) is 4.98 Å². The number of aryl methyl sites for hydroxylation is 1. The topological polar surface area (TPSA) is 50.1 Å². The van der Waals surface area contributed by atoms with Crippen LogP contribution in [0.15, 0.2) is 6.20 Å². The number of imidazole rings is 1. The van der Waals surface area contributed by atoms with Crippen molar-refractivity contribution >= 4 is 0 Å². The minimum Gasteiger partial charge on any atom is -0.373 e. The van der Waals surface area contributed by atoms with Crippen LogP contribution < -0.4 is 5.32 Å². The van der Waals surface area contributed by atoms with Crippen LogP contribution in [-0.2, 0) is 12.8 Å². The maximum absolute atomic E-state index is 9.89. The van der Waals surface area contributed by atoms with Crippen LogP contribution in [0.4, 0.5) is 0 Å². The largest absolute Gasteiger partial charge is 0.373 e. The summed E-state index contributed by atoms with van der Waals surface area (Å²) in [5.74, 6) is 1.06. The first-order valence-corrected chi connectivity index (χ1v) is 6.81. The van der Waals surface area contributed by atoms with E-state index in [1.165, 1.54) is 19.3 Å². The summed E-state index contributed by atoms with van der Waals surface area (Å²) in [5, 5.41) is 13.4. The fraction of sp³-hybridized carbons (Fsp3) is 0.769. The van der Waals surface area contributed by atoms with Crippen molar-refractivity contribution in [1.82, 2.24) is 14.9 Å². The molecule has 4 nitrogen and oxygen atoms in total. The van der Waals surface area contributed by atoms with Gasteiger partial charge in [0.25, 0.3) is 0 Å². The van der Waals surface area contributed by atoms with E-state index < -0.39 is 0 Å². The molecule has 94 valence electrons. The number of aromatic nitrogens is 2. The van der Waals surface area contributed by atoms with Crippen molar-refractivity contribution in [2.75, 3.05) is 6.54 Å². The van der Waals surface area contributed by atoms with Gasteiger partial charge in [-0.3, -0.25) is 0 Å². The van der Waals surface area contributed by atoms with Crippen LogP contribution in [0.3, 0.4) is 0 Å². The van der Waals surface area contributed by atoms with E-state index in [0.717, 1.165) is 43.7 Å². The molecule has 2 atom stereocenters. The monoisotopic (exact) mass is 235 g/mol. The molecule has 1 aromatic rings. The average molecular weight is 235 g/mol. The first kappa shape index (κ1) is 11.2. The van der Waals surface area contributed by atoms with Gasteiger partial charge in [0.15, 0.2) is 0 Å². The molecular formula is C13H21N3O. The third kappa shape index (κ3) is 2.38. The van der Waals surface area contributed by atoms with Crippen molar-refractivity contribution in [1.29, 1.82) is 0 Å². The van der Waals surface area contributed by atoms with E-state index in [1.807, 2.05) is 4.57 Å². The van der Waals surface area contributed by atoms with Gasteiger partial charge < -0.3 is 15.0 Å². The molecule has 0 radical (unpaired) electrons. The fourth-order valence-corrected chi connectivity index (χ4v) is 2.96. The van der Waals surface area contributed by atoms with E-state index in [0.29, 0.717) is 6.04 Å². The molecule has 0 bridgehead atoms. The number of piperidine rings is 1. The quantitative estimate of drug-likeness (QED) is 0.814. The summed E-state index contributed by atoms with van der Waals surface area (Å²) in [6.45, 7) is 1.14. The van der Waals surface area contributed by atoms with Crippen molar-refractivity contribution in [2.24, 2.45) is 0 Å². The van der Waals surface area contributed by atoms with E-state index in [4.69, 9.17) is 0 Å². The van der Waals surface area contributed by atoms with Crippen molar-refractivity contribution < 1.29 is 5.11 Å². The van der Waals surface area contributed by atoms with Crippen molar-refractivity contribution in [2.45, 2.75) is 57.2 Å². The Morgan fingerprint density at radius 1 is 1.35 bits per heavy atom. The standard InChI is InChI=1S/C13H21N3O/c17-13-6-3-5-12-15-11(9-16(12)13)8-10-4-1-2-7-14-10/h9-10,13-14,17H,1-8H2. The summed E-state index contributed by atoms with van der Waals surface area (Å²) in [6.07, 6.45) is 9.52. The molecular weight excluding hydrogens is 214 g/mol. The van der Waals surface area contributed by atoms with Gasteiger partial charge in [0.1, 0.15) is 12.1 Å². The predicted octanol–water partition coefficient (Wildman–Crippen LogP) is 1.39. The highest BCUT2D eigenvalue weighted by Gasteiger charge is 2.21. The molecule has 1 fully saturated rings. The molecule has 4 heteroatoms. The first-order valence-electron chi connectivity index (χ1n) is 6.81. The third-order valence-electron chi connectivity index (χ3n) is 3.91. The maximum atomic E-state index is 9.89. The summed E-state index contributed by atoms with van der Waals surface area (Å²) in [5.41, 5.74) is 1.14. The third-order valence-corrected chi connectivity index (χ3v) is 3.91. The van der Waals surface area contributed by atoms with Gasteiger partial charge in [-0.15, -0.1) is 0 Å². The number of nitrogens with zero attached hydrogens (tertiary/aromatic N) is 2. The van der Waals surface area contributed by atoms with Crippen LogP contribution in [0.5, 0.6) is 0 Å². The maximum Gasteiger partial charge on any atom is 0.131 e. The Bertz CT molecular complexity index is 382. The van der Waals surface area contributed by atoms with E-state index >= 15 is 0 Å². The number of fused-ring (bicyclic) bond motifs is 1. The summed E-state index contributed by atoms with van der Waals surface area (Å²) in [4.78, 5) is 4.66. The zero-order valence-electron chi connectivity index (χ0n) is 10.2. The molecule has 1 saturated heterocycles. The van der Waals surface area contributed by atoms with Crippen molar-refractivity contribution in [3.8, 4) is 0 Å². The molecule has 3 rings (SSSR count). The first-order chi connectivity index (χ1) is 8.33. The SMILES string of the molecule is OC1CCCc2nc(CC3CCCCN3)cn21. The number of rotatable bonds is 2. The van der Waals surface area contributed by atoms with Crippen LogP contribution in [0.2, 0.25) is 0 Å². The molecule has 2 N–H and O–H groups in total. The number of hydrogen-bond acceptors (Lipinski definition) is 3. The van der Waals surface area contributed by atoms with Crippen LogP contribution in [0.1, 0.15) is 49.9 Å². The number of aliphatic hydroxyl groups excluding tert-OH is 1. The van der Waals surface area contributed by atoms with Gasteiger partial charge in [-0.1, -0.05) is 6.42 Å². The molecule has 0 aromatic carbocycles. The predicted molar refractivity (Wildman–Crippen MR) is 65.8 cm³/mol. The average Bonchev–Trinajstić information content (AvgIpc) is 2.74. The molecule has 1 aromatic heterocycles. The highest BCUT2D eigenvalue weighted by molar-refractivity contribution is 5.09. The molecule has 0 spiro atoms. The van der Waals surface area contributed by atoms with Crippen LogP contribution in [0.25, 0.3) is 0 Å². The van der Waals surface area contributed by atoms with Crippen LogP contribution >= 0.6 is 0 Å². The van der Waals surface area contributed by atoms with Gasteiger partial charge in [-0.05, 0) is 32.2 Å². The second-order valence-electron chi connectivity index (χ2n) is 5.28. The minimum absolute atomic E-state index is 0.348. The van der Waals surface area contributed by atoms with E-state index in [2.05, 4.69) is 16.5 Å². The van der Waals surface area contributed by atoms with Gasteiger partial charge in [0.05, 0.1) is 5.69 Å². The summed E-state index contributed by atoms with van der Waals surface area (Å²) in [7, 11) is 0. The lowest BCUT2D eigenvalue weighted by Gasteiger charge is -2.22. The molecule has 0 saturated carbocycles. The summed E-state index contributed by atoms with van der Waals surface area (Å²) >= 11 is 0. The zero-order chi connectivity index (χ0) is 11.7. The zero-order valence-corrected chi connectivity index (χ0v) is 10.2. The van der Waals surface area contributed by atoms with E-state index in [1.54, 1.807) is 0 Å².